The smallest absolute Gasteiger partial charge is 0.341 e. The van der Waals surface area contributed by atoms with E-state index < -0.39 is 5.97 Å². The summed E-state index contributed by atoms with van der Waals surface area (Å²) in [6.07, 6.45) is 0. The summed E-state index contributed by atoms with van der Waals surface area (Å²) in [5.41, 5.74) is 6.66. The molecule has 0 radical (unpaired) electrons. The Bertz CT molecular complexity index is 808. The lowest BCUT2D eigenvalue weighted by atomic mass is 10.2. The fourth-order valence-corrected chi connectivity index (χ4v) is 2.09. The Kier molecular flexibility index (Phi) is 2.94. The molecule has 0 aliphatic heterocycles. The Balaban J connectivity index is 2.16. The third-order valence-corrected chi connectivity index (χ3v) is 3.16. The summed E-state index contributed by atoms with van der Waals surface area (Å²) in [6.45, 7) is 0. The molecule has 0 bridgehead atoms. The zero-order chi connectivity index (χ0) is 14.3. The Hall–Kier alpha value is -2.35. The Labute approximate surface area is 121 Å². The van der Waals surface area contributed by atoms with Crippen LogP contribution in [0.4, 0.5) is 5.82 Å². The normalized spacial score (nSPS) is 10.9. The molecule has 3 heterocycles. The number of hydrogen-bond acceptors (Lipinski definition) is 6. The molecule has 0 saturated carbocycles. The van der Waals surface area contributed by atoms with Gasteiger partial charge in [-0.15, -0.1) is 5.10 Å². The minimum absolute atomic E-state index is 0.165. The van der Waals surface area contributed by atoms with Crippen molar-refractivity contribution in [3.05, 3.63) is 34.5 Å². The number of halogens is 1. The van der Waals surface area contributed by atoms with Gasteiger partial charge in [-0.2, -0.15) is 4.52 Å². The van der Waals surface area contributed by atoms with Gasteiger partial charge >= 0.3 is 5.97 Å². The molecule has 0 aromatic carbocycles. The monoisotopic (exact) mass is 336 g/mol. The fraction of sp³-hybridized carbons (Fsp3) is 0.0833. The average Bonchev–Trinajstić information content (AvgIpc) is 3.04. The average molecular weight is 337 g/mol. The van der Waals surface area contributed by atoms with E-state index in [0.717, 1.165) is 0 Å². The molecule has 3 rings (SSSR count). The SMILES string of the molecule is COC(=O)c1ccc2nc(-c3ccc(Br)o3)nn2c1N. The molecule has 3 aromatic rings. The van der Waals surface area contributed by atoms with Crippen molar-refractivity contribution in [2.75, 3.05) is 12.8 Å². The van der Waals surface area contributed by atoms with Gasteiger partial charge < -0.3 is 14.9 Å². The van der Waals surface area contributed by atoms with E-state index in [1.165, 1.54) is 11.6 Å². The number of rotatable bonds is 2. The molecule has 3 aromatic heterocycles. The van der Waals surface area contributed by atoms with E-state index >= 15 is 0 Å². The first-order chi connectivity index (χ1) is 9.60. The molecule has 0 aliphatic carbocycles. The number of nitrogens with zero attached hydrogens (tertiary/aromatic N) is 3. The number of anilines is 1. The second kappa shape index (κ2) is 4.64. The minimum atomic E-state index is -0.526. The largest absolute Gasteiger partial charge is 0.465 e. The van der Waals surface area contributed by atoms with Gasteiger partial charge in [0.1, 0.15) is 11.4 Å². The Morgan fingerprint density at radius 3 is 2.85 bits per heavy atom. The number of carbonyl (C=O) groups is 1. The lowest BCUT2D eigenvalue weighted by Crippen LogP contribution is -2.10. The maximum atomic E-state index is 11.6. The van der Waals surface area contributed by atoms with Gasteiger partial charge in [0.25, 0.3) is 0 Å². The van der Waals surface area contributed by atoms with Crippen molar-refractivity contribution < 1.29 is 13.9 Å². The van der Waals surface area contributed by atoms with Crippen LogP contribution in [0.15, 0.2) is 33.4 Å². The van der Waals surface area contributed by atoms with Crippen LogP contribution in [0.25, 0.3) is 17.2 Å². The number of nitrogens with two attached hydrogens (primary N) is 1. The molecule has 0 amide bonds. The predicted molar refractivity (Wildman–Crippen MR) is 74.1 cm³/mol. The number of aromatic nitrogens is 3. The van der Waals surface area contributed by atoms with Crippen LogP contribution in [0.2, 0.25) is 0 Å². The van der Waals surface area contributed by atoms with E-state index in [4.69, 9.17) is 10.2 Å². The summed E-state index contributed by atoms with van der Waals surface area (Å²) in [4.78, 5) is 15.9. The summed E-state index contributed by atoms with van der Waals surface area (Å²) in [5, 5.41) is 4.23. The van der Waals surface area contributed by atoms with Gasteiger partial charge in [0.05, 0.1) is 7.11 Å². The molecule has 20 heavy (non-hydrogen) atoms. The van der Waals surface area contributed by atoms with Crippen LogP contribution in [0.1, 0.15) is 10.4 Å². The van der Waals surface area contributed by atoms with Crippen molar-refractivity contribution in [2.24, 2.45) is 0 Å². The van der Waals surface area contributed by atoms with Gasteiger partial charge in [-0.05, 0) is 40.2 Å². The molecule has 0 fully saturated rings. The third-order valence-electron chi connectivity index (χ3n) is 2.73. The topological polar surface area (TPSA) is 95.6 Å². The summed E-state index contributed by atoms with van der Waals surface area (Å²) in [6, 6.07) is 6.66. The molecule has 0 aliphatic rings. The summed E-state index contributed by atoms with van der Waals surface area (Å²) < 4.78 is 12.0. The number of pyridine rings is 1. The number of ether oxygens (including phenoxy) is 1. The van der Waals surface area contributed by atoms with Crippen LogP contribution in [0.5, 0.6) is 0 Å². The zero-order valence-corrected chi connectivity index (χ0v) is 11.9. The first-order valence-corrected chi connectivity index (χ1v) is 6.38. The van der Waals surface area contributed by atoms with E-state index in [1.54, 1.807) is 24.3 Å². The zero-order valence-electron chi connectivity index (χ0n) is 10.3. The second-order valence-electron chi connectivity index (χ2n) is 3.93. The summed E-state index contributed by atoms with van der Waals surface area (Å²) in [5.74, 6) is 0.518. The number of carbonyl (C=O) groups excluding carboxylic acids is 1. The van der Waals surface area contributed by atoms with Crippen LogP contribution >= 0.6 is 15.9 Å². The van der Waals surface area contributed by atoms with Crippen LogP contribution in [0.3, 0.4) is 0 Å². The number of methoxy groups -OCH3 is 1. The van der Waals surface area contributed by atoms with Gasteiger partial charge in [0.15, 0.2) is 16.1 Å². The second-order valence-corrected chi connectivity index (χ2v) is 4.71. The number of esters is 1. The number of fused-ring (bicyclic) bond motifs is 1. The van der Waals surface area contributed by atoms with Crippen molar-refractivity contribution >= 4 is 33.4 Å². The van der Waals surface area contributed by atoms with E-state index in [1.807, 2.05) is 0 Å². The van der Waals surface area contributed by atoms with Crippen LogP contribution in [-0.4, -0.2) is 27.7 Å². The molecule has 0 spiro atoms. The number of furan rings is 1. The summed E-state index contributed by atoms with van der Waals surface area (Å²) >= 11 is 3.21. The van der Waals surface area contributed by atoms with E-state index in [0.29, 0.717) is 21.9 Å². The standard InChI is InChI=1S/C12H9BrN4O3/c1-19-12(18)6-2-5-9-15-11(16-17(9)10(6)14)7-3-4-8(13)20-7/h2-5H,14H2,1H3. The van der Waals surface area contributed by atoms with Gasteiger partial charge in [0.2, 0.25) is 5.82 Å². The molecular formula is C12H9BrN4O3. The number of hydrogen-bond donors (Lipinski definition) is 1. The molecule has 2 N–H and O–H groups in total. The van der Waals surface area contributed by atoms with E-state index in [9.17, 15) is 4.79 Å². The molecule has 0 saturated heterocycles. The van der Waals surface area contributed by atoms with Gasteiger partial charge in [-0.1, -0.05) is 0 Å². The van der Waals surface area contributed by atoms with Crippen LogP contribution < -0.4 is 5.73 Å². The molecule has 0 atom stereocenters. The van der Waals surface area contributed by atoms with E-state index in [-0.39, 0.29) is 11.4 Å². The highest BCUT2D eigenvalue weighted by Gasteiger charge is 2.17. The van der Waals surface area contributed by atoms with Crippen LogP contribution in [-0.2, 0) is 4.74 Å². The third kappa shape index (κ3) is 1.94. The van der Waals surface area contributed by atoms with Gasteiger partial charge in [-0.25, -0.2) is 9.78 Å². The molecule has 0 unspecified atom stereocenters. The lowest BCUT2D eigenvalue weighted by Gasteiger charge is -2.03. The van der Waals surface area contributed by atoms with Crippen molar-refractivity contribution in [2.45, 2.75) is 0 Å². The molecular weight excluding hydrogens is 328 g/mol. The van der Waals surface area contributed by atoms with Crippen molar-refractivity contribution in [3.63, 3.8) is 0 Å². The van der Waals surface area contributed by atoms with Crippen molar-refractivity contribution in [3.8, 4) is 11.6 Å². The highest BCUT2D eigenvalue weighted by Crippen LogP contribution is 2.24. The lowest BCUT2D eigenvalue weighted by molar-refractivity contribution is 0.0601. The highest BCUT2D eigenvalue weighted by atomic mass is 79.9. The maximum Gasteiger partial charge on any atom is 0.341 e. The maximum absolute atomic E-state index is 11.6. The van der Waals surface area contributed by atoms with Crippen molar-refractivity contribution in [1.82, 2.24) is 14.6 Å². The quantitative estimate of drug-likeness (QED) is 0.720. The Morgan fingerprint density at radius 1 is 1.40 bits per heavy atom. The minimum Gasteiger partial charge on any atom is -0.465 e. The Morgan fingerprint density at radius 2 is 2.20 bits per heavy atom. The molecule has 102 valence electrons. The summed E-state index contributed by atoms with van der Waals surface area (Å²) in [7, 11) is 1.29. The van der Waals surface area contributed by atoms with E-state index in [2.05, 4.69) is 30.7 Å². The predicted octanol–water partition coefficient (Wildman–Crippen LogP) is 2.12. The first kappa shape index (κ1) is 12.7. The van der Waals surface area contributed by atoms with Crippen molar-refractivity contribution in [1.29, 1.82) is 0 Å². The fourth-order valence-electron chi connectivity index (χ4n) is 1.79. The highest BCUT2D eigenvalue weighted by molar-refractivity contribution is 9.10. The molecule has 7 nitrogen and oxygen atoms in total. The number of nitrogen functional groups attached to an aromatic ring is 1. The molecule has 8 heteroatoms. The van der Waals surface area contributed by atoms with Gasteiger partial charge in [0, 0.05) is 0 Å². The first-order valence-electron chi connectivity index (χ1n) is 5.59. The van der Waals surface area contributed by atoms with Crippen LogP contribution in [0, 0.1) is 0 Å². The van der Waals surface area contributed by atoms with Gasteiger partial charge in [-0.3, -0.25) is 0 Å².